The zero-order chi connectivity index (χ0) is 27.7. The minimum atomic E-state index is -3.34. The first kappa shape index (κ1) is 30.8. The van der Waals surface area contributed by atoms with Gasteiger partial charge < -0.3 is 13.9 Å². The minimum absolute atomic E-state index is 0.0690. The van der Waals surface area contributed by atoms with Gasteiger partial charge in [-0.05, 0) is 79.1 Å². The molecule has 0 amide bonds. The smallest absolute Gasteiger partial charge is 0.191 e. The highest BCUT2D eigenvalue weighted by atomic mass is 32.2. The van der Waals surface area contributed by atoms with Crippen LogP contribution in [0.5, 0.6) is 0 Å². The van der Waals surface area contributed by atoms with Gasteiger partial charge >= 0.3 is 0 Å². The van der Waals surface area contributed by atoms with E-state index < -0.39 is 18.2 Å². The SMILES string of the molecule is COCO[C@H]1C[C@@H](C)[C@](C)(CCS(=O)(=O)c2ccccc2)[C@H]2CCC[C@@H](CO[Si](C)(C)C(C)(C)C)[C@]12C. The number of methoxy groups -OCH3 is 1. The molecule has 5 nitrogen and oxygen atoms in total. The zero-order valence-electron chi connectivity index (χ0n) is 24.8. The third-order valence-electron chi connectivity index (χ3n) is 10.7. The van der Waals surface area contributed by atoms with Crippen LogP contribution in [0.3, 0.4) is 0 Å². The van der Waals surface area contributed by atoms with Crippen molar-refractivity contribution in [3.05, 3.63) is 30.3 Å². The zero-order valence-corrected chi connectivity index (χ0v) is 26.6. The standard InChI is InChI=1S/C30H52O5SSi/c1-23-20-27(34-22-33-7)30(6)24(21-35-37(8,9)28(2,3)4)14-13-17-26(30)29(23,5)18-19-36(31,32)25-15-11-10-12-16-25/h10-12,15-16,23-24,26-27H,13-14,17-22H2,1-9H3/t23-,24+,26-,27+,29+,30+/m1/s1. The van der Waals surface area contributed by atoms with Gasteiger partial charge in [-0.1, -0.05) is 66.2 Å². The quantitative estimate of drug-likeness (QED) is 0.225. The van der Waals surface area contributed by atoms with Gasteiger partial charge in [-0.3, -0.25) is 0 Å². The van der Waals surface area contributed by atoms with Gasteiger partial charge in [0, 0.05) is 19.1 Å². The van der Waals surface area contributed by atoms with Crippen molar-refractivity contribution in [2.45, 2.75) is 103 Å². The lowest BCUT2D eigenvalue weighted by Gasteiger charge is -2.63. The molecule has 3 rings (SSSR count). The highest BCUT2D eigenvalue weighted by molar-refractivity contribution is 7.91. The van der Waals surface area contributed by atoms with Crippen LogP contribution in [-0.2, 0) is 23.7 Å². The Kier molecular flexibility index (Phi) is 9.49. The molecule has 2 saturated carbocycles. The number of hydrogen-bond donors (Lipinski definition) is 0. The molecule has 0 radical (unpaired) electrons. The fourth-order valence-electron chi connectivity index (χ4n) is 6.90. The number of rotatable bonds is 10. The summed E-state index contributed by atoms with van der Waals surface area (Å²) in [5.41, 5.74) is -0.198. The van der Waals surface area contributed by atoms with Gasteiger partial charge in [0.15, 0.2) is 18.2 Å². The summed E-state index contributed by atoms with van der Waals surface area (Å²) < 4.78 is 45.2. The van der Waals surface area contributed by atoms with Crippen molar-refractivity contribution < 1.29 is 22.3 Å². The van der Waals surface area contributed by atoms with Crippen LogP contribution in [0.4, 0.5) is 0 Å². The molecule has 2 aliphatic rings. The van der Waals surface area contributed by atoms with E-state index in [0.29, 0.717) is 29.1 Å². The monoisotopic (exact) mass is 552 g/mol. The van der Waals surface area contributed by atoms with Gasteiger partial charge in [-0.15, -0.1) is 0 Å². The van der Waals surface area contributed by atoms with E-state index in [1.807, 2.05) is 6.07 Å². The second-order valence-corrected chi connectivity index (χ2v) is 20.6. The molecule has 0 aromatic heterocycles. The lowest BCUT2D eigenvalue weighted by atomic mass is 9.44. The van der Waals surface area contributed by atoms with Crippen molar-refractivity contribution in [1.29, 1.82) is 0 Å². The van der Waals surface area contributed by atoms with Crippen LogP contribution in [0.2, 0.25) is 18.1 Å². The number of hydrogen-bond acceptors (Lipinski definition) is 5. The predicted octanol–water partition coefficient (Wildman–Crippen LogP) is 7.33. The number of sulfone groups is 1. The van der Waals surface area contributed by atoms with Crippen LogP contribution in [0.1, 0.15) is 73.6 Å². The first-order valence-corrected chi connectivity index (χ1v) is 18.7. The van der Waals surface area contributed by atoms with Gasteiger partial charge in [0.25, 0.3) is 0 Å². The molecule has 1 aromatic carbocycles. The van der Waals surface area contributed by atoms with Crippen LogP contribution in [0.15, 0.2) is 35.2 Å². The molecule has 0 N–H and O–H groups in total. The average molecular weight is 553 g/mol. The van der Waals surface area contributed by atoms with Crippen LogP contribution in [0.25, 0.3) is 0 Å². The highest BCUT2D eigenvalue weighted by Gasteiger charge is 2.61. The number of benzene rings is 1. The summed E-state index contributed by atoms with van der Waals surface area (Å²) in [6.45, 7) is 19.6. The Labute approximate surface area is 228 Å². The Balaban J connectivity index is 1.92. The molecular weight excluding hydrogens is 500 g/mol. The van der Waals surface area contributed by atoms with Gasteiger partial charge in [0.05, 0.1) is 16.8 Å². The third-order valence-corrected chi connectivity index (χ3v) is 16.9. The number of fused-ring (bicyclic) bond motifs is 1. The van der Waals surface area contributed by atoms with E-state index in [0.717, 1.165) is 32.3 Å². The highest BCUT2D eigenvalue weighted by Crippen LogP contribution is 2.64. The Bertz CT molecular complexity index is 989. The van der Waals surface area contributed by atoms with Gasteiger partial charge in [0.1, 0.15) is 6.79 Å². The molecule has 2 fully saturated rings. The first-order valence-electron chi connectivity index (χ1n) is 14.1. The molecule has 0 saturated heterocycles. The summed E-state index contributed by atoms with van der Waals surface area (Å²) in [5.74, 6) is 1.26. The second kappa shape index (κ2) is 11.4. The van der Waals surface area contributed by atoms with E-state index in [2.05, 4.69) is 54.6 Å². The molecular formula is C30H52O5SSi. The molecule has 0 bridgehead atoms. The summed E-state index contributed by atoms with van der Waals surface area (Å²) >= 11 is 0. The molecule has 7 heteroatoms. The Morgan fingerprint density at radius 1 is 1.08 bits per heavy atom. The lowest BCUT2D eigenvalue weighted by Crippen LogP contribution is -2.61. The van der Waals surface area contributed by atoms with Crippen LogP contribution in [0, 0.1) is 28.6 Å². The van der Waals surface area contributed by atoms with Crippen LogP contribution >= 0.6 is 0 Å². The van der Waals surface area contributed by atoms with Crippen molar-refractivity contribution in [3.63, 3.8) is 0 Å². The maximum Gasteiger partial charge on any atom is 0.191 e. The van der Waals surface area contributed by atoms with Gasteiger partial charge in [-0.25, -0.2) is 8.42 Å². The summed E-state index contributed by atoms with van der Waals surface area (Å²) in [7, 11) is -3.55. The maximum absolute atomic E-state index is 13.3. The van der Waals surface area contributed by atoms with Crippen molar-refractivity contribution in [1.82, 2.24) is 0 Å². The first-order chi connectivity index (χ1) is 17.1. The molecule has 0 aliphatic heterocycles. The van der Waals surface area contributed by atoms with E-state index in [9.17, 15) is 8.42 Å². The van der Waals surface area contributed by atoms with E-state index in [1.165, 1.54) is 0 Å². The summed E-state index contributed by atoms with van der Waals surface area (Å²) in [4.78, 5) is 0.426. The van der Waals surface area contributed by atoms with Crippen molar-refractivity contribution in [3.8, 4) is 0 Å². The molecule has 37 heavy (non-hydrogen) atoms. The summed E-state index contributed by atoms with van der Waals surface area (Å²) in [6.07, 6.45) is 5.02. The average Bonchev–Trinajstić information content (AvgIpc) is 2.83. The topological polar surface area (TPSA) is 61.8 Å². The van der Waals surface area contributed by atoms with Crippen molar-refractivity contribution in [2.24, 2.45) is 28.6 Å². The van der Waals surface area contributed by atoms with Crippen LogP contribution < -0.4 is 0 Å². The largest absolute Gasteiger partial charge is 0.417 e. The minimum Gasteiger partial charge on any atom is -0.417 e. The van der Waals surface area contributed by atoms with Gasteiger partial charge in [-0.2, -0.15) is 0 Å². The van der Waals surface area contributed by atoms with E-state index in [-0.39, 0.29) is 34.5 Å². The van der Waals surface area contributed by atoms with E-state index in [1.54, 1.807) is 31.4 Å². The van der Waals surface area contributed by atoms with E-state index >= 15 is 0 Å². The Morgan fingerprint density at radius 3 is 2.32 bits per heavy atom. The third kappa shape index (κ3) is 6.21. The Morgan fingerprint density at radius 2 is 1.73 bits per heavy atom. The lowest BCUT2D eigenvalue weighted by molar-refractivity contribution is -0.223. The molecule has 0 heterocycles. The predicted molar refractivity (Wildman–Crippen MR) is 154 cm³/mol. The second-order valence-electron chi connectivity index (χ2n) is 13.7. The van der Waals surface area contributed by atoms with E-state index in [4.69, 9.17) is 13.9 Å². The van der Waals surface area contributed by atoms with Crippen molar-refractivity contribution >= 4 is 18.2 Å². The Hall–Kier alpha value is -0.733. The normalized spacial score (nSPS) is 33.2. The van der Waals surface area contributed by atoms with Gasteiger partial charge in [0.2, 0.25) is 0 Å². The summed E-state index contributed by atoms with van der Waals surface area (Å²) in [5, 5.41) is 0.162. The molecule has 212 valence electrons. The number of ether oxygens (including phenoxy) is 2. The molecule has 6 atom stereocenters. The molecule has 1 aromatic rings. The fraction of sp³-hybridized carbons (Fsp3) is 0.800. The maximum atomic E-state index is 13.3. The molecule has 2 aliphatic carbocycles. The molecule has 0 spiro atoms. The molecule has 0 unspecified atom stereocenters. The fourth-order valence-corrected chi connectivity index (χ4v) is 9.46. The van der Waals surface area contributed by atoms with Crippen molar-refractivity contribution in [2.75, 3.05) is 26.3 Å². The van der Waals surface area contributed by atoms with Crippen LogP contribution in [-0.4, -0.2) is 49.1 Å². The summed E-state index contributed by atoms with van der Waals surface area (Å²) in [6, 6.07) is 8.91.